The summed E-state index contributed by atoms with van der Waals surface area (Å²) < 4.78 is 21.0. The van der Waals surface area contributed by atoms with Crippen LogP contribution in [-0.4, -0.2) is 16.1 Å². The molecule has 0 atom stereocenters. The van der Waals surface area contributed by atoms with Crippen LogP contribution in [0.3, 0.4) is 0 Å². The van der Waals surface area contributed by atoms with Gasteiger partial charge in [-0.25, -0.2) is 9.18 Å². The third-order valence-electron chi connectivity index (χ3n) is 4.98. The van der Waals surface area contributed by atoms with E-state index in [1.165, 1.54) is 12.1 Å². The van der Waals surface area contributed by atoms with Crippen LogP contribution in [0, 0.1) is 26.6 Å². The van der Waals surface area contributed by atoms with E-state index in [0.717, 1.165) is 27.9 Å². The number of halogens is 1. The molecular formula is C22H18FNO3. The van der Waals surface area contributed by atoms with Crippen LogP contribution in [0.15, 0.2) is 46.9 Å². The maximum Gasteiger partial charge on any atom is 0.335 e. The van der Waals surface area contributed by atoms with Gasteiger partial charge in [-0.05, 0) is 67.3 Å². The molecule has 27 heavy (non-hydrogen) atoms. The number of furan rings is 1. The Kier molecular flexibility index (Phi) is 3.88. The van der Waals surface area contributed by atoms with Crippen molar-refractivity contribution in [1.82, 2.24) is 4.98 Å². The molecule has 5 heteroatoms. The minimum absolute atomic E-state index is 0.176. The number of aryl methyl sites for hydroxylation is 3. The average molecular weight is 363 g/mol. The molecule has 0 fully saturated rings. The van der Waals surface area contributed by atoms with Crippen LogP contribution in [-0.2, 0) is 0 Å². The molecule has 136 valence electrons. The summed E-state index contributed by atoms with van der Waals surface area (Å²) in [6, 6.07) is 12.1. The van der Waals surface area contributed by atoms with Crippen molar-refractivity contribution in [2.45, 2.75) is 20.8 Å². The summed E-state index contributed by atoms with van der Waals surface area (Å²) in [6.45, 7) is 5.76. The summed E-state index contributed by atoms with van der Waals surface area (Å²) in [6.07, 6.45) is 0. The largest absolute Gasteiger partial charge is 0.478 e. The summed E-state index contributed by atoms with van der Waals surface area (Å²) in [4.78, 5) is 14.1. The highest BCUT2D eigenvalue weighted by atomic mass is 19.1. The van der Waals surface area contributed by atoms with Gasteiger partial charge in [-0.3, -0.25) is 0 Å². The molecule has 4 aromatic rings. The molecule has 0 aliphatic rings. The van der Waals surface area contributed by atoms with Gasteiger partial charge in [-0.1, -0.05) is 18.2 Å². The average Bonchev–Trinajstić information content (AvgIpc) is 3.25. The zero-order chi connectivity index (χ0) is 19.3. The Labute approximate surface area is 155 Å². The van der Waals surface area contributed by atoms with E-state index in [4.69, 9.17) is 9.52 Å². The highest BCUT2D eigenvalue weighted by Gasteiger charge is 2.21. The second kappa shape index (κ2) is 6.13. The minimum Gasteiger partial charge on any atom is -0.478 e. The van der Waals surface area contributed by atoms with Gasteiger partial charge in [-0.15, -0.1) is 0 Å². The van der Waals surface area contributed by atoms with Gasteiger partial charge in [0.2, 0.25) is 0 Å². The fourth-order valence-electron chi connectivity index (χ4n) is 3.38. The van der Waals surface area contributed by atoms with Crippen molar-refractivity contribution in [3.8, 4) is 22.7 Å². The van der Waals surface area contributed by atoms with E-state index >= 15 is 4.39 Å². The lowest BCUT2D eigenvalue weighted by atomic mass is 10.0. The van der Waals surface area contributed by atoms with Gasteiger partial charge in [0.15, 0.2) is 11.6 Å². The Bertz CT molecular complexity index is 1180. The zero-order valence-electron chi connectivity index (χ0n) is 15.2. The van der Waals surface area contributed by atoms with E-state index in [1.54, 1.807) is 18.2 Å². The van der Waals surface area contributed by atoms with Crippen LogP contribution in [0.5, 0.6) is 0 Å². The highest BCUT2D eigenvalue weighted by Crippen LogP contribution is 2.37. The molecule has 4 rings (SSSR count). The molecule has 0 amide bonds. The molecule has 2 aromatic heterocycles. The van der Waals surface area contributed by atoms with Gasteiger partial charge < -0.3 is 14.5 Å². The molecule has 0 radical (unpaired) electrons. The standard InChI is InChI=1S/C22H18FNO3/c1-11-10-12(2)20-18(13(11)3)19(23)21(27-20)17-9-8-16(24-17)14-4-6-15(7-5-14)22(25)26/h4-10,24H,1-3H3,(H,25,26). The van der Waals surface area contributed by atoms with Gasteiger partial charge in [0.25, 0.3) is 0 Å². The number of hydrogen-bond donors (Lipinski definition) is 2. The number of rotatable bonds is 3. The molecule has 0 aliphatic carbocycles. The van der Waals surface area contributed by atoms with Crippen molar-refractivity contribution in [2.24, 2.45) is 0 Å². The summed E-state index contributed by atoms with van der Waals surface area (Å²) in [7, 11) is 0. The zero-order valence-corrected chi connectivity index (χ0v) is 15.2. The van der Waals surface area contributed by atoms with E-state index in [-0.39, 0.29) is 17.1 Å². The number of H-pyrrole nitrogens is 1. The Hall–Kier alpha value is -3.34. The molecule has 0 saturated carbocycles. The summed E-state index contributed by atoms with van der Waals surface area (Å²) in [5, 5.41) is 9.52. The minimum atomic E-state index is -0.973. The number of carboxylic acid groups (broad SMARTS) is 1. The van der Waals surface area contributed by atoms with Gasteiger partial charge in [-0.2, -0.15) is 0 Å². The molecule has 0 unspecified atom stereocenters. The van der Waals surface area contributed by atoms with Crippen molar-refractivity contribution < 1.29 is 18.7 Å². The maximum absolute atomic E-state index is 15.1. The molecule has 0 bridgehead atoms. The number of aromatic nitrogens is 1. The number of fused-ring (bicyclic) bond motifs is 1. The smallest absolute Gasteiger partial charge is 0.335 e. The number of nitrogens with one attached hydrogen (secondary N) is 1. The molecule has 2 heterocycles. The lowest BCUT2D eigenvalue weighted by molar-refractivity contribution is 0.0697. The molecule has 2 aromatic carbocycles. The number of benzene rings is 2. The SMILES string of the molecule is Cc1cc(C)c2oc(-c3ccc(-c4ccc(C(=O)O)cc4)[nH]3)c(F)c2c1C. The van der Waals surface area contributed by atoms with E-state index in [1.807, 2.05) is 32.9 Å². The summed E-state index contributed by atoms with van der Waals surface area (Å²) in [5.74, 6) is -1.17. The van der Waals surface area contributed by atoms with Crippen molar-refractivity contribution >= 4 is 16.9 Å². The quantitative estimate of drug-likeness (QED) is 0.479. The first-order valence-corrected chi connectivity index (χ1v) is 8.58. The van der Waals surface area contributed by atoms with Crippen LogP contribution in [0.2, 0.25) is 0 Å². The fraction of sp³-hybridized carbons (Fsp3) is 0.136. The Balaban J connectivity index is 1.80. The molecular weight excluding hydrogens is 345 g/mol. The van der Waals surface area contributed by atoms with E-state index in [9.17, 15) is 4.79 Å². The monoisotopic (exact) mass is 363 g/mol. The lowest BCUT2D eigenvalue weighted by Crippen LogP contribution is -1.94. The molecule has 2 N–H and O–H groups in total. The van der Waals surface area contributed by atoms with E-state index < -0.39 is 5.97 Å². The second-order valence-corrected chi connectivity index (χ2v) is 6.75. The van der Waals surface area contributed by atoms with Crippen LogP contribution in [0.4, 0.5) is 4.39 Å². The first-order chi connectivity index (χ1) is 12.9. The number of hydrogen-bond acceptors (Lipinski definition) is 2. The predicted octanol–water partition coefficient (Wildman–Crippen LogP) is 5.86. The van der Waals surface area contributed by atoms with E-state index in [2.05, 4.69) is 4.98 Å². The third kappa shape index (κ3) is 2.72. The number of aromatic carboxylic acids is 1. The molecule has 0 saturated heterocycles. The summed E-state index contributed by atoms with van der Waals surface area (Å²) in [5.41, 5.74) is 5.68. The third-order valence-corrected chi connectivity index (χ3v) is 4.98. The van der Waals surface area contributed by atoms with Crippen LogP contribution < -0.4 is 0 Å². The van der Waals surface area contributed by atoms with Gasteiger partial charge in [0, 0.05) is 5.69 Å². The molecule has 4 nitrogen and oxygen atoms in total. The van der Waals surface area contributed by atoms with Gasteiger partial charge >= 0.3 is 5.97 Å². The van der Waals surface area contributed by atoms with Crippen molar-refractivity contribution in [1.29, 1.82) is 0 Å². The fourth-order valence-corrected chi connectivity index (χ4v) is 3.38. The Morgan fingerprint density at radius 3 is 2.33 bits per heavy atom. The van der Waals surface area contributed by atoms with Crippen molar-refractivity contribution in [2.75, 3.05) is 0 Å². The lowest BCUT2D eigenvalue weighted by Gasteiger charge is -2.03. The number of carboxylic acids is 1. The van der Waals surface area contributed by atoms with Crippen LogP contribution in [0.25, 0.3) is 33.7 Å². The van der Waals surface area contributed by atoms with Crippen molar-refractivity contribution in [3.05, 3.63) is 70.5 Å². The molecule has 0 aliphatic heterocycles. The van der Waals surface area contributed by atoms with Gasteiger partial charge in [0.05, 0.1) is 16.6 Å². The molecule has 0 spiro atoms. The van der Waals surface area contributed by atoms with Crippen LogP contribution in [0.1, 0.15) is 27.0 Å². The number of aromatic amines is 1. The van der Waals surface area contributed by atoms with E-state index in [0.29, 0.717) is 16.7 Å². The summed E-state index contributed by atoms with van der Waals surface area (Å²) >= 11 is 0. The normalized spacial score (nSPS) is 11.3. The first kappa shape index (κ1) is 17.1. The first-order valence-electron chi connectivity index (χ1n) is 8.58. The maximum atomic E-state index is 15.1. The Morgan fingerprint density at radius 2 is 1.67 bits per heavy atom. The van der Waals surface area contributed by atoms with Crippen molar-refractivity contribution in [3.63, 3.8) is 0 Å². The Morgan fingerprint density at radius 1 is 1.00 bits per heavy atom. The van der Waals surface area contributed by atoms with Gasteiger partial charge in [0.1, 0.15) is 5.58 Å². The predicted molar refractivity (Wildman–Crippen MR) is 103 cm³/mol. The highest BCUT2D eigenvalue weighted by molar-refractivity contribution is 5.90. The van der Waals surface area contributed by atoms with Crippen LogP contribution >= 0.6 is 0 Å². The number of carbonyl (C=O) groups is 1. The topological polar surface area (TPSA) is 66.2 Å². The second-order valence-electron chi connectivity index (χ2n) is 6.75.